The highest BCUT2D eigenvalue weighted by Gasteiger charge is 2.11. The molecule has 0 bridgehead atoms. The zero-order valence-electron chi connectivity index (χ0n) is 6.49. The minimum absolute atomic E-state index is 0.0678. The Hall–Kier alpha value is -1.54. The first kappa shape index (κ1) is 8.56. The van der Waals surface area contributed by atoms with Crippen LogP contribution in [0.4, 0.5) is 0 Å². The van der Waals surface area contributed by atoms with Crippen LogP contribution in [0.5, 0.6) is 0 Å². The minimum atomic E-state index is -0.896. The molecule has 1 N–H and O–H groups in total. The van der Waals surface area contributed by atoms with Gasteiger partial charge in [0.05, 0.1) is 6.54 Å². The Morgan fingerprint density at radius 1 is 1.75 bits per heavy atom. The van der Waals surface area contributed by atoms with Crippen molar-refractivity contribution in [3.8, 4) is 0 Å². The summed E-state index contributed by atoms with van der Waals surface area (Å²) in [5, 5.41) is 8.44. The molecule has 0 aromatic carbocycles. The van der Waals surface area contributed by atoms with Gasteiger partial charge in [-0.25, -0.2) is 4.79 Å². The lowest BCUT2D eigenvalue weighted by Crippen LogP contribution is -2.28. The number of nitrogens with zero attached hydrogens (tertiary/aromatic N) is 1. The second-order valence-electron chi connectivity index (χ2n) is 2.59. The van der Waals surface area contributed by atoms with Crippen molar-refractivity contribution < 1.29 is 14.7 Å². The smallest absolute Gasteiger partial charge is 0.323 e. The van der Waals surface area contributed by atoms with Gasteiger partial charge in [-0.15, -0.1) is 0 Å². The van der Waals surface area contributed by atoms with E-state index in [9.17, 15) is 9.59 Å². The fourth-order valence-corrected chi connectivity index (χ4v) is 1.06. The average Bonchev–Trinajstić information content (AvgIpc) is 2.03. The van der Waals surface area contributed by atoms with E-state index in [1.807, 2.05) is 0 Å². The Balaban J connectivity index is 2.58. The first-order valence-electron chi connectivity index (χ1n) is 3.57. The van der Waals surface area contributed by atoms with Gasteiger partial charge in [-0.1, -0.05) is 6.08 Å². The van der Waals surface area contributed by atoms with Gasteiger partial charge in [0.25, 0.3) is 0 Å². The van der Waals surface area contributed by atoms with Gasteiger partial charge in [-0.3, -0.25) is 4.79 Å². The van der Waals surface area contributed by atoms with Crippen LogP contribution in [-0.4, -0.2) is 35.0 Å². The van der Waals surface area contributed by atoms with Crippen LogP contribution in [0.25, 0.3) is 0 Å². The molecule has 0 spiro atoms. The van der Waals surface area contributed by atoms with E-state index in [1.54, 1.807) is 23.1 Å². The Morgan fingerprint density at radius 3 is 3.08 bits per heavy atom. The maximum atomic E-state index is 10.3. The zero-order valence-corrected chi connectivity index (χ0v) is 6.49. The number of carboxylic acid groups (broad SMARTS) is 1. The molecule has 0 saturated heterocycles. The summed E-state index contributed by atoms with van der Waals surface area (Å²) in [6.45, 7) is 0.313. The van der Waals surface area contributed by atoms with Crippen LogP contribution in [0.3, 0.4) is 0 Å². The van der Waals surface area contributed by atoms with Gasteiger partial charge in [-0.05, 0) is 6.20 Å². The van der Waals surface area contributed by atoms with Crippen LogP contribution in [0, 0.1) is 0 Å². The SMILES string of the molecule is O=C=C1CC=CN(CC(=O)O)C1. The molecule has 4 nitrogen and oxygen atoms in total. The zero-order chi connectivity index (χ0) is 8.97. The van der Waals surface area contributed by atoms with E-state index >= 15 is 0 Å². The maximum Gasteiger partial charge on any atom is 0.323 e. The van der Waals surface area contributed by atoms with E-state index in [0.717, 1.165) is 0 Å². The number of aliphatic carboxylic acids is 1. The number of allylic oxidation sites excluding steroid dienone is 1. The molecule has 0 fully saturated rings. The van der Waals surface area contributed by atoms with Crippen molar-refractivity contribution in [1.29, 1.82) is 0 Å². The third kappa shape index (κ3) is 2.25. The van der Waals surface area contributed by atoms with Crippen molar-refractivity contribution in [3.05, 3.63) is 17.8 Å². The molecule has 0 atom stereocenters. The fraction of sp³-hybridized carbons (Fsp3) is 0.375. The third-order valence-electron chi connectivity index (χ3n) is 1.56. The van der Waals surface area contributed by atoms with Crippen molar-refractivity contribution in [3.63, 3.8) is 0 Å². The summed E-state index contributed by atoms with van der Waals surface area (Å²) < 4.78 is 0. The van der Waals surface area contributed by atoms with Crippen molar-refractivity contribution in [1.82, 2.24) is 4.90 Å². The van der Waals surface area contributed by atoms with Crippen molar-refractivity contribution >= 4 is 11.9 Å². The fourth-order valence-electron chi connectivity index (χ4n) is 1.06. The van der Waals surface area contributed by atoms with Crippen LogP contribution in [0.15, 0.2) is 17.8 Å². The summed E-state index contributed by atoms with van der Waals surface area (Å²) >= 11 is 0. The molecular weight excluding hydrogens is 158 g/mol. The van der Waals surface area contributed by atoms with E-state index in [1.165, 1.54) is 0 Å². The Labute approximate surface area is 69.8 Å². The topological polar surface area (TPSA) is 57.6 Å². The average molecular weight is 167 g/mol. The molecule has 1 aliphatic rings. The minimum Gasteiger partial charge on any atom is -0.480 e. The summed E-state index contributed by atoms with van der Waals surface area (Å²) in [6, 6.07) is 0. The molecule has 4 heteroatoms. The molecule has 0 aliphatic carbocycles. The summed E-state index contributed by atoms with van der Waals surface area (Å²) in [4.78, 5) is 22.1. The van der Waals surface area contributed by atoms with Gasteiger partial charge < -0.3 is 10.0 Å². The second kappa shape index (κ2) is 3.74. The van der Waals surface area contributed by atoms with E-state index in [-0.39, 0.29) is 6.54 Å². The molecule has 0 saturated carbocycles. The lowest BCUT2D eigenvalue weighted by atomic mass is 10.1. The molecule has 0 amide bonds. The van der Waals surface area contributed by atoms with Crippen LogP contribution in [0.2, 0.25) is 0 Å². The maximum absolute atomic E-state index is 10.3. The quantitative estimate of drug-likeness (QED) is 0.590. The molecule has 1 heterocycles. The molecule has 0 aromatic rings. The van der Waals surface area contributed by atoms with Gasteiger partial charge in [0.1, 0.15) is 12.5 Å². The predicted molar refractivity (Wildman–Crippen MR) is 42.2 cm³/mol. The molecule has 0 unspecified atom stereocenters. The van der Waals surface area contributed by atoms with E-state index in [2.05, 4.69) is 0 Å². The highest BCUT2D eigenvalue weighted by Crippen LogP contribution is 2.08. The van der Waals surface area contributed by atoms with Crippen molar-refractivity contribution in [2.45, 2.75) is 6.42 Å². The standard InChI is InChI=1S/C8H9NO3/c10-6-7-2-1-3-9(4-7)5-8(11)12/h1,3H,2,4-5H2,(H,11,12). The number of carbonyl (C=O) groups is 1. The predicted octanol–water partition coefficient (Wildman–Crippen LogP) is 0.0484. The van der Waals surface area contributed by atoms with Crippen LogP contribution in [-0.2, 0) is 9.59 Å². The summed E-state index contributed by atoms with van der Waals surface area (Å²) in [7, 11) is 0. The van der Waals surface area contributed by atoms with Gasteiger partial charge in [0, 0.05) is 12.0 Å². The monoisotopic (exact) mass is 167 g/mol. The summed E-state index contributed by atoms with van der Waals surface area (Å²) in [6.07, 6.45) is 4.03. The molecule has 12 heavy (non-hydrogen) atoms. The van der Waals surface area contributed by atoms with Crippen LogP contribution in [0.1, 0.15) is 6.42 Å². The van der Waals surface area contributed by atoms with Crippen molar-refractivity contribution in [2.24, 2.45) is 0 Å². The number of hydrogen-bond acceptors (Lipinski definition) is 3. The molecule has 0 aromatic heterocycles. The number of hydrogen-bond donors (Lipinski definition) is 1. The summed E-state index contributed by atoms with van der Waals surface area (Å²) in [5.74, 6) is 0.891. The van der Waals surface area contributed by atoms with Gasteiger partial charge in [-0.2, -0.15) is 0 Å². The largest absolute Gasteiger partial charge is 0.480 e. The Kier molecular flexibility index (Phi) is 2.66. The van der Waals surface area contributed by atoms with E-state index in [0.29, 0.717) is 18.5 Å². The highest BCUT2D eigenvalue weighted by atomic mass is 16.4. The summed E-state index contributed by atoms with van der Waals surface area (Å²) in [5.41, 5.74) is 0.596. The van der Waals surface area contributed by atoms with Crippen LogP contribution < -0.4 is 0 Å². The van der Waals surface area contributed by atoms with E-state index < -0.39 is 5.97 Å². The van der Waals surface area contributed by atoms with Gasteiger partial charge in [0.2, 0.25) is 0 Å². The lowest BCUT2D eigenvalue weighted by molar-refractivity contribution is -0.137. The first-order valence-corrected chi connectivity index (χ1v) is 3.57. The first-order chi connectivity index (χ1) is 5.72. The second-order valence-corrected chi connectivity index (χ2v) is 2.59. The number of carboxylic acids is 1. The molecule has 1 rings (SSSR count). The highest BCUT2D eigenvalue weighted by molar-refractivity contribution is 5.69. The molecule has 0 radical (unpaired) electrons. The Morgan fingerprint density at radius 2 is 2.50 bits per heavy atom. The van der Waals surface area contributed by atoms with Crippen molar-refractivity contribution in [2.75, 3.05) is 13.1 Å². The number of carbonyl (C=O) groups excluding carboxylic acids is 1. The molecule has 64 valence electrons. The van der Waals surface area contributed by atoms with Gasteiger partial charge >= 0.3 is 5.97 Å². The number of rotatable bonds is 2. The Bertz CT molecular complexity index is 263. The lowest BCUT2D eigenvalue weighted by Gasteiger charge is -2.21. The van der Waals surface area contributed by atoms with Crippen LogP contribution >= 0.6 is 0 Å². The normalized spacial score (nSPS) is 16.0. The van der Waals surface area contributed by atoms with E-state index in [4.69, 9.17) is 5.11 Å². The molecular formula is C8H9NO3. The van der Waals surface area contributed by atoms with Gasteiger partial charge in [0.15, 0.2) is 0 Å². The third-order valence-corrected chi connectivity index (χ3v) is 1.56. The molecule has 1 aliphatic heterocycles.